The maximum absolute atomic E-state index is 6.02. The second-order valence-electron chi connectivity index (χ2n) is 3.57. The number of para-hydroxylation sites is 1. The van der Waals surface area contributed by atoms with Crippen LogP contribution in [0.1, 0.15) is 19.8 Å². The molecule has 0 aliphatic carbocycles. The van der Waals surface area contributed by atoms with Crippen molar-refractivity contribution < 1.29 is 0 Å². The molecule has 0 aromatic heterocycles. The molecule has 1 aliphatic heterocycles. The van der Waals surface area contributed by atoms with E-state index >= 15 is 0 Å². The Labute approximate surface area is 101 Å². The first-order chi connectivity index (χ1) is 6.75. The normalized spacial score (nSPS) is 19.3. The van der Waals surface area contributed by atoms with Crippen LogP contribution in [-0.4, -0.2) is 11.9 Å². The minimum atomic E-state index is 0. The maximum Gasteiger partial charge on any atom is 0.101 e. The van der Waals surface area contributed by atoms with Crippen molar-refractivity contribution in [2.45, 2.75) is 25.8 Å². The minimum Gasteiger partial charge on any atom is -0.343 e. The first-order valence-electron chi connectivity index (χ1n) is 4.84. The molecule has 1 atom stereocenters. The van der Waals surface area contributed by atoms with Crippen molar-refractivity contribution in [2.75, 3.05) is 5.32 Å². The molecule has 0 saturated carbocycles. The van der Waals surface area contributed by atoms with Crippen molar-refractivity contribution in [3.63, 3.8) is 0 Å². The van der Waals surface area contributed by atoms with Gasteiger partial charge in [-0.1, -0.05) is 23.7 Å². The molecule has 0 fully saturated rings. The number of benzene rings is 1. The lowest BCUT2D eigenvalue weighted by atomic mass is 10.2. The van der Waals surface area contributed by atoms with Crippen LogP contribution in [0.3, 0.4) is 0 Å². The van der Waals surface area contributed by atoms with Crippen LogP contribution in [0.25, 0.3) is 0 Å². The highest BCUT2D eigenvalue weighted by molar-refractivity contribution is 6.33. The van der Waals surface area contributed by atoms with Crippen molar-refractivity contribution in [3.05, 3.63) is 29.3 Å². The fourth-order valence-electron chi connectivity index (χ4n) is 1.55. The largest absolute Gasteiger partial charge is 0.343 e. The van der Waals surface area contributed by atoms with Gasteiger partial charge in [-0.2, -0.15) is 0 Å². The molecule has 2 nitrogen and oxygen atoms in total. The summed E-state index contributed by atoms with van der Waals surface area (Å²) in [5.41, 5.74) is 0.946. The monoisotopic (exact) mass is 244 g/mol. The van der Waals surface area contributed by atoms with E-state index in [2.05, 4.69) is 17.2 Å². The number of nitrogens with one attached hydrogen (secondary N) is 1. The van der Waals surface area contributed by atoms with E-state index in [1.165, 1.54) is 0 Å². The molecule has 1 heterocycles. The Morgan fingerprint density at radius 1 is 1.40 bits per heavy atom. The number of rotatable bonds is 1. The Bertz CT molecular complexity index is 363. The fourth-order valence-corrected chi connectivity index (χ4v) is 1.74. The average molecular weight is 245 g/mol. The second kappa shape index (κ2) is 5.38. The van der Waals surface area contributed by atoms with Crippen LogP contribution in [-0.2, 0) is 0 Å². The van der Waals surface area contributed by atoms with Crippen molar-refractivity contribution in [3.8, 4) is 0 Å². The van der Waals surface area contributed by atoms with Gasteiger partial charge in [-0.15, -0.1) is 12.4 Å². The third-order valence-corrected chi connectivity index (χ3v) is 2.66. The minimum absolute atomic E-state index is 0. The van der Waals surface area contributed by atoms with Gasteiger partial charge >= 0.3 is 0 Å². The molecule has 1 aliphatic rings. The molecular weight excluding hydrogens is 231 g/mol. The highest BCUT2D eigenvalue weighted by atomic mass is 35.5. The van der Waals surface area contributed by atoms with Gasteiger partial charge in [0.05, 0.1) is 10.7 Å². The van der Waals surface area contributed by atoms with E-state index in [4.69, 9.17) is 11.6 Å². The number of halogens is 2. The Balaban J connectivity index is 0.00000112. The molecule has 15 heavy (non-hydrogen) atoms. The van der Waals surface area contributed by atoms with Crippen molar-refractivity contribution in [1.29, 1.82) is 0 Å². The van der Waals surface area contributed by atoms with Crippen LogP contribution in [0.4, 0.5) is 5.69 Å². The SMILES string of the molecule is CC1CCC(Nc2ccccc2Cl)=N1.Cl. The average Bonchev–Trinajstić information content (AvgIpc) is 2.56. The summed E-state index contributed by atoms with van der Waals surface area (Å²) in [5, 5.41) is 4.00. The first kappa shape index (κ1) is 12.3. The molecule has 0 bridgehead atoms. The Morgan fingerprint density at radius 3 is 2.73 bits per heavy atom. The highest BCUT2D eigenvalue weighted by Gasteiger charge is 2.13. The van der Waals surface area contributed by atoms with Gasteiger partial charge in [-0.3, -0.25) is 4.99 Å². The van der Waals surface area contributed by atoms with Gasteiger partial charge < -0.3 is 5.32 Å². The summed E-state index contributed by atoms with van der Waals surface area (Å²) >= 11 is 6.02. The third kappa shape index (κ3) is 3.11. The lowest BCUT2D eigenvalue weighted by Crippen LogP contribution is -2.08. The molecule has 0 amide bonds. The lowest BCUT2D eigenvalue weighted by Gasteiger charge is -2.06. The quantitative estimate of drug-likeness (QED) is 0.800. The van der Waals surface area contributed by atoms with E-state index in [0.29, 0.717) is 6.04 Å². The molecule has 2 rings (SSSR count). The molecule has 1 aromatic carbocycles. The molecule has 0 spiro atoms. The Morgan fingerprint density at radius 2 is 2.13 bits per heavy atom. The highest BCUT2D eigenvalue weighted by Crippen LogP contribution is 2.22. The standard InChI is InChI=1S/C11H13ClN2.ClH/c1-8-6-7-11(13-8)14-10-5-3-2-4-9(10)12;/h2-5,8H,6-7H2,1H3,(H,13,14);1H. The molecule has 1 N–H and O–H groups in total. The van der Waals surface area contributed by atoms with E-state index < -0.39 is 0 Å². The van der Waals surface area contributed by atoms with Gasteiger partial charge in [-0.25, -0.2) is 0 Å². The topological polar surface area (TPSA) is 24.4 Å². The van der Waals surface area contributed by atoms with Crippen molar-refractivity contribution >= 4 is 35.5 Å². The molecule has 1 unspecified atom stereocenters. The van der Waals surface area contributed by atoms with Gasteiger partial charge in [0.2, 0.25) is 0 Å². The number of amidine groups is 1. The summed E-state index contributed by atoms with van der Waals surface area (Å²) in [6, 6.07) is 8.18. The van der Waals surface area contributed by atoms with Gasteiger partial charge in [-0.05, 0) is 25.5 Å². The zero-order valence-electron chi connectivity index (χ0n) is 8.53. The lowest BCUT2D eigenvalue weighted by molar-refractivity contribution is 0.739. The maximum atomic E-state index is 6.02. The summed E-state index contributed by atoms with van der Waals surface area (Å²) in [6.45, 7) is 2.13. The molecule has 82 valence electrons. The van der Waals surface area contributed by atoms with Crippen LogP contribution in [0.5, 0.6) is 0 Å². The van der Waals surface area contributed by atoms with E-state index in [9.17, 15) is 0 Å². The van der Waals surface area contributed by atoms with Gasteiger partial charge in [0.1, 0.15) is 5.84 Å². The summed E-state index contributed by atoms with van der Waals surface area (Å²) in [4.78, 5) is 4.47. The molecule has 0 radical (unpaired) electrons. The van der Waals surface area contributed by atoms with Crippen LogP contribution in [0, 0.1) is 0 Å². The number of hydrogen-bond acceptors (Lipinski definition) is 2. The number of aliphatic imine (C=N–C) groups is 1. The van der Waals surface area contributed by atoms with Crippen molar-refractivity contribution in [1.82, 2.24) is 0 Å². The Hall–Kier alpha value is -0.730. The summed E-state index contributed by atoms with van der Waals surface area (Å²) in [6.07, 6.45) is 2.15. The smallest absolute Gasteiger partial charge is 0.101 e. The molecule has 4 heteroatoms. The number of anilines is 1. The summed E-state index contributed by atoms with van der Waals surface area (Å²) in [5.74, 6) is 1.05. The second-order valence-corrected chi connectivity index (χ2v) is 3.98. The van der Waals surface area contributed by atoms with Crippen LogP contribution in [0.15, 0.2) is 29.3 Å². The van der Waals surface area contributed by atoms with E-state index in [-0.39, 0.29) is 12.4 Å². The van der Waals surface area contributed by atoms with E-state index in [1.807, 2.05) is 24.3 Å². The summed E-state index contributed by atoms with van der Waals surface area (Å²) in [7, 11) is 0. The first-order valence-corrected chi connectivity index (χ1v) is 5.22. The van der Waals surface area contributed by atoms with E-state index in [0.717, 1.165) is 29.4 Å². The third-order valence-electron chi connectivity index (χ3n) is 2.33. The molecule has 0 saturated heterocycles. The zero-order valence-corrected chi connectivity index (χ0v) is 10.1. The van der Waals surface area contributed by atoms with Crippen LogP contribution >= 0.6 is 24.0 Å². The molecule has 1 aromatic rings. The predicted molar refractivity (Wildman–Crippen MR) is 68.5 cm³/mol. The van der Waals surface area contributed by atoms with Crippen LogP contribution in [0.2, 0.25) is 5.02 Å². The van der Waals surface area contributed by atoms with Gasteiger partial charge in [0.15, 0.2) is 0 Å². The van der Waals surface area contributed by atoms with Gasteiger partial charge in [0.25, 0.3) is 0 Å². The fraction of sp³-hybridized carbons (Fsp3) is 0.364. The van der Waals surface area contributed by atoms with E-state index in [1.54, 1.807) is 0 Å². The Kier molecular flexibility index (Phi) is 4.43. The van der Waals surface area contributed by atoms with Crippen molar-refractivity contribution in [2.24, 2.45) is 4.99 Å². The summed E-state index contributed by atoms with van der Waals surface area (Å²) < 4.78 is 0. The van der Waals surface area contributed by atoms with Crippen LogP contribution < -0.4 is 5.32 Å². The predicted octanol–water partition coefficient (Wildman–Crippen LogP) is 3.75. The molecular formula is C11H14Cl2N2. The number of nitrogens with zero attached hydrogens (tertiary/aromatic N) is 1. The number of hydrogen-bond donors (Lipinski definition) is 1. The zero-order chi connectivity index (χ0) is 9.97. The van der Waals surface area contributed by atoms with Gasteiger partial charge in [0, 0.05) is 12.5 Å².